The van der Waals surface area contributed by atoms with Gasteiger partial charge in [0.15, 0.2) is 0 Å². The lowest BCUT2D eigenvalue weighted by Crippen LogP contribution is -2.29. The van der Waals surface area contributed by atoms with Gasteiger partial charge in [-0.1, -0.05) is 43.3 Å². The Morgan fingerprint density at radius 1 is 1.47 bits per heavy atom. The molecule has 1 nitrogen and oxygen atoms in total. The van der Waals surface area contributed by atoms with Gasteiger partial charge in [-0.05, 0) is 18.6 Å². The Balaban J connectivity index is 2.24. The lowest BCUT2D eigenvalue weighted by atomic mass is 10.2. The predicted octanol–water partition coefficient (Wildman–Crippen LogP) is 3.91. The smallest absolute Gasteiger partial charge is 0.0801 e. The van der Waals surface area contributed by atoms with Crippen molar-refractivity contribution >= 4 is 17.4 Å². The van der Waals surface area contributed by atoms with Crippen LogP contribution in [-0.2, 0) is 0 Å². The highest BCUT2D eigenvalue weighted by molar-refractivity contribution is 8.00. The van der Waals surface area contributed by atoms with E-state index in [1.54, 1.807) is 0 Å². The molecule has 0 radical (unpaired) electrons. The Bertz CT molecular complexity index is 348. The van der Waals surface area contributed by atoms with Crippen molar-refractivity contribution in [3.8, 4) is 0 Å². The van der Waals surface area contributed by atoms with Gasteiger partial charge in [0, 0.05) is 11.4 Å². The minimum Gasteiger partial charge on any atom is -0.355 e. The van der Waals surface area contributed by atoms with Crippen molar-refractivity contribution in [1.29, 1.82) is 0 Å². The van der Waals surface area contributed by atoms with Crippen molar-refractivity contribution in [2.45, 2.75) is 30.0 Å². The number of fused-ring (bicyclic) bond motifs is 1. The molecule has 2 heteroatoms. The topological polar surface area (TPSA) is 3.24 Å². The number of para-hydroxylation sites is 1. The molecular formula is C13H17NS. The maximum Gasteiger partial charge on any atom is 0.0801 e. The Labute approximate surface area is 96.2 Å². The SMILES string of the molecule is C=CCN1c2ccccc2SC1CCC. The molecule has 1 aliphatic rings. The number of nitrogens with zero attached hydrogens (tertiary/aromatic N) is 1. The quantitative estimate of drug-likeness (QED) is 0.706. The largest absolute Gasteiger partial charge is 0.355 e. The molecule has 80 valence electrons. The molecule has 1 aromatic rings. The van der Waals surface area contributed by atoms with E-state index in [0.717, 1.165) is 6.54 Å². The molecule has 1 aromatic carbocycles. The van der Waals surface area contributed by atoms with Crippen molar-refractivity contribution in [2.24, 2.45) is 0 Å². The van der Waals surface area contributed by atoms with Crippen LogP contribution in [0, 0.1) is 0 Å². The highest BCUT2D eigenvalue weighted by Crippen LogP contribution is 2.44. The van der Waals surface area contributed by atoms with E-state index < -0.39 is 0 Å². The van der Waals surface area contributed by atoms with Crippen LogP contribution in [0.4, 0.5) is 5.69 Å². The van der Waals surface area contributed by atoms with Gasteiger partial charge in [-0.2, -0.15) is 0 Å². The van der Waals surface area contributed by atoms with Crippen molar-refractivity contribution in [3.05, 3.63) is 36.9 Å². The molecule has 1 atom stereocenters. The number of anilines is 1. The molecular weight excluding hydrogens is 202 g/mol. The standard InChI is InChI=1S/C13H17NS/c1-3-7-13-14(10-4-2)11-8-5-6-9-12(11)15-13/h4-6,8-9,13H,2-3,7,10H2,1H3. The molecule has 0 fully saturated rings. The third-order valence-electron chi connectivity index (χ3n) is 2.65. The van der Waals surface area contributed by atoms with Gasteiger partial charge in [-0.15, -0.1) is 6.58 Å². The maximum atomic E-state index is 3.84. The summed E-state index contributed by atoms with van der Waals surface area (Å²) in [4.78, 5) is 3.87. The summed E-state index contributed by atoms with van der Waals surface area (Å²) in [5.41, 5.74) is 1.38. The first-order chi connectivity index (χ1) is 7.36. The van der Waals surface area contributed by atoms with Crippen molar-refractivity contribution < 1.29 is 0 Å². The van der Waals surface area contributed by atoms with Gasteiger partial charge in [0.25, 0.3) is 0 Å². The van der Waals surface area contributed by atoms with Crippen LogP contribution in [0.2, 0.25) is 0 Å². The summed E-state index contributed by atoms with van der Waals surface area (Å²) in [6.45, 7) is 7.04. The van der Waals surface area contributed by atoms with E-state index in [9.17, 15) is 0 Å². The van der Waals surface area contributed by atoms with E-state index in [1.165, 1.54) is 23.4 Å². The second kappa shape index (κ2) is 4.75. The van der Waals surface area contributed by atoms with Crippen molar-refractivity contribution in [1.82, 2.24) is 0 Å². The highest BCUT2D eigenvalue weighted by atomic mass is 32.2. The van der Waals surface area contributed by atoms with Crippen molar-refractivity contribution in [3.63, 3.8) is 0 Å². The summed E-state index contributed by atoms with van der Waals surface area (Å²) in [5.74, 6) is 0. The molecule has 0 saturated heterocycles. The van der Waals surface area contributed by atoms with E-state index in [4.69, 9.17) is 0 Å². The Morgan fingerprint density at radius 3 is 3.00 bits per heavy atom. The van der Waals surface area contributed by atoms with Crippen LogP contribution in [0.3, 0.4) is 0 Å². The van der Waals surface area contributed by atoms with Crippen LogP contribution in [0.5, 0.6) is 0 Å². The van der Waals surface area contributed by atoms with E-state index in [-0.39, 0.29) is 0 Å². The first-order valence-corrected chi connectivity index (χ1v) is 6.38. The molecule has 0 N–H and O–H groups in total. The molecule has 0 aromatic heterocycles. The first-order valence-electron chi connectivity index (χ1n) is 5.50. The predicted molar refractivity (Wildman–Crippen MR) is 68.5 cm³/mol. The lowest BCUT2D eigenvalue weighted by molar-refractivity contribution is 0.713. The zero-order chi connectivity index (χ0) is 10.7. The zero-order valence-corrected chi connectivity index (χ0v) is 9.96. The minimum atomic E-state index is 0.602. The summed E-state index contributed by atoms with van der Waals surface area (Å²) in [6, 6.07) is 8.66. The van der Waals surface area contributed by atoms with Gasteiger partial charge < -0.3 is 4.90 Å². The molecule has 2 rings (SSSR count). The minimum absolute atomic E-state index is 0.602. The monoisotopic (exact) mass is 219 g/mol. The number of benzene rings is 1. The summed E-state index contributed by atoms with van der Waals surface area (Å²) >= 11 is 1.99. The fourth-order valence-electron chi connectivity index (χ4n) is 1.98. The van der Waals surface area contributed by atoms with E-state index in [1.807, 2.05) is 17.8 Å². The third-order valence-corrected chi connectivity index (χ3v) is 4.01. The fourth-order valence-corrected chi connectivity index (χ4v) is 3.41. The molecule has 0 aliphatic carbocycles. The van der Waals surface area contributed by atoms with Crippen LogP contribution in [0.15, 0.2) is 41.8 Å². The second-order valence-electron chi connectivity index (χ2n) is 3.77. The molecule has 0 spiro atoms. The summed E-state index contributed by atoms with van der Waals surface area (Å²) in [6.07, 6.45) is 4.47. The highest BCUT2D eigenvalue weighted by Gasteiger charge is 2.27. The molecule has 0 amide bonds. The third kappa shape index (κ3) is 2.05. The first kappa shape index (κ1) is 10.6. The molecule has 1 unspecified atom stereocenters. The van der Waals surface area contributed by atoms with Crippen LogP contribution in [0.1, 0.15) is 19.8 Å². The maximum absolute atomic E-state index is 3.84. The van der Waals surface area contributed by atoms with Gasteiger partial charge in [-0.25, -0.2) is 0 Å². The van der Waals surface area contributed by atoms with Gasteiger partial charge >= 0.3 is 0 Å². The average molecular weight is 219 g/mol. The lowest BCUT2D eigenvalue weighted by Gasteiger charge is -2.24. The van der Waals surface area contributed by atoms with Crippen LogP contribution < -0.4 is 4.90 Å². The van der Waals surface area contributed by atoms with E-state index in [2.05, 4.69) is 42.7 Å². The molecule has 1 aliphatic heterocycles. The van der Waals surface area contributed by atoms with Crippen LogP contribution in [-0.4, -0.2) is 11.9 Å². The number of hydrogen-bond donors (Lipinski definition) is 0. The Morgan fingerprint density at radius 2 is 2.27 bits per heavy atom. The van der Waals surface area contributed by atoms with Gasteiger partial charge in [0.2, 0.25) is 0 Å². The van der Waals surface area contributed by atoms with Gasteiger partial charge in [0.05, 0.1) is 11.1 Å². The van der Waals surface area contributed by atoms with Gasteiger partial charge in [0.1, 0.15) is 0 Å². The number of thioether (sulfide) groups is 1. The molecule has 0 saturated carbocycles. The van der Waals surface area contributed by atoms with E-state index >= 15 is 0 Å². The molecule has 0 bridgehead atoms. The zero-order valence-electron chi connectivity index (χ0n) is 9.15. The normalized spacial score (nSPS) is 19.0. The number of hydrogen-bond acceptors (Lipinski definition) is 2. The van der Waals surface area contributed by atoms with Crippen LogP contribution >= 0.6 is 11.8 Å². The van der Waals surface area contributed by atoms with E-state index in [0.29, 0.717) is 5.37 Å². The average Bonchev–Trinajstić information content (AvgIpc) is 2.59. The Hall–Kier alpha value is -0.890. The van der Waals surface area contributed by atoms with Crippen molar-refractivity contribution in [2.75, 3.05) is 11.4 Å². The second-order valence-corrected chi connectivity index (χ2v) is 4.99. The summed E-state index contributed by atoms with van der Waals surface area (Å²) in [5, 5.41) is 0.602. The molecule has 1 heterocycles. The Kier molecular flexibility index (Phi) is 3.37. The van der Waals surface area contributed by atoms with Crippen LogP contribution in [0.25, 0.3) is 0 Å². The summed E-state index contributed by atoms with van der Waals surface area (Å²) in [7, 11) is 0. The molecule has 15 heavy (non-hydrogen) atoms. The number of rotatable bonds is 4. The fraction of sp³-hybridized carbons (Fsp3) is 0.385. The van der Waals surface area contributed by atoms with Gasteiger partial charge in [-0.3, -0.25) is 0 Å². The summed E-state index contributed by atoms with van der Waals surface area (Å²) < 4.78 is 0.